The quantitative estimate of drug-likeness (QED) is 0.831. The number of fused-ring (bicyclic) bond motifs is 1. The number of ether oxygens (including phenoxy) is 1. The van der Waals surface area contributed by atoms with Crippen molar-refractivity contribution in [2.24, 2.45) is 0 Å². The molecule has 0 bridgehead atoms. The molecule has 4 nitrogen and oxygen atoms in total. The highest BCUT2D eigenvalue weighted by molar-refractivity contribution is 5.81. The van der Waals surface area contributed by atoms with Crippen molar-refractivity contribution in [1.29, 1.82) is 0 Å². The first kappa shape index (κ1) is 12.0. The highest BCUT2D eigenvalue weighted by Gasteiger charge is 2.11. The maximum absolute atomic E-state index is 12.4. The van der Waals surface area contributed by atoms with Crippen LogP contribution in [-0.4, -0.2) is 17.1 Å². The van der Waals surface area contributed by atoms with Gasteiger partial charge in [-0.1, -0.05) is 13.2 Å². The molecule has 92 valence electrons. The molecule has 1 heterocycles. The van der Waals surface area contributed by atoms with E-state index in [9.17, 15) is 4.53 Å². The zero-order valence-corrected chi connectivity index (χ0v) is 9.81. The highest BCUT2D eigenvalue weighted by atomic mass is 19.3. The van der Waals surface area contributed by atoms with Gasteiger partial charge in [-0.2, -0.15) is 0 Å². The third-order valence-corrected chi connectivity index (χ3v) is 2.47. The summed E-state index contributed by atoms with van der Waals surface area (Å²) in [5.41, 5.74) is 2.23. The lowest BCUT2D eigenvalue weighted by Gasteiger charge is -2.07. The van der Waals surface area contributed by atoms with Gasteiger partial charge in [-0.25, -0.2) is 9.97 Å². The fourth-order valence-electron chi connectivity index (χ4n) is 1.61. The molecule has 2 rings (SSSR count). The second-order valence-corrected chi connectivity index (χ2v) is 3.47. The van der Waals surface area contributed by atoms with E-state index in [-0.39, 0.29) is 11.5 Å². The first-order valence-corrected chi connectivity index (χ1v) is 5.16. The molecule has 0 aliphatic rings. The van der Waals surface area contributed by atoms with Gasteiger partial charge in [-0.05, 0) is 12.2 Å². The average molecular weight is 246 g/mol. The number of nitrogens with zero attached hydrogens (tertiary/aromatic N) is 2. The summed E-state index contributed by atoms with van der Waals surface area (Å²) in [4.78, 5) is 12.4. The zero-order chi connectivity index (χ0) is 13.1. The van der Waals surface area contributed by atoms with E-state index in [1.807, 2.05) is 0 Å². The summed E-state index contributed by atoms with van der Waals surface area (Å²) in [5.74, 6) is 0.210. The van der Waals surface area contributed by atoms with E-state index in [4.69, 9.17) is 4.74 Å². The number of aromatic nitrogens is 2. The van der Waals surface area contributed by atoms with E-state index in [0.29, 0.717) is 22.4 Å². The molecule has 0 amide bonds. The molecule has 0 unspecified atom stereocenters. The number of rotatable bonds is 4. The first-order chi connectivity index (χ1) is 8.73. The van der Waals surface area contributed by atoms with Crippen molar-refractivity contribution in [3.63, 3.8) is 0 Å². The summed E-state index contributed by atoms with van der Waals surface area (Å²) < 4.78 is 17.4. The molecular weight excluding hydrogens is 235 g/mol. The Kier molecular flexibility index (Phi) is 3.23. The van der Waals surface area contributed by atoms with Gasteiger partial charge in [0.05, 0.1) is 29.5 Å². The SMILES string of the molecule is C=Cc1nc2cc(OC)c(OF)cc2nc1C=C. The molecule has 0 aliphatic heterocycles. The first-order valence-electron chi connectivity index (χ1n) is 5.16. The molecule has 0 radical (unpaired) electrons. The number of methoxy groups -OCH3 is 1. The van der Waals surface area contributed by atoms with Crippen molar-refractivity contribution in [2.45, 2.75) is 0 Å². The van der Waals surface area contributed by atoms with Crippen molar-refractivity contribution in [2.75, 3.05) is 7.11 Å². The van der Waals surface area contributed by atoms with Crippen LogP contribution in [0.2, 0.25) is 0 Å². The second-order valence-electron chi connectivity index (χ2n) is 3.47. The Morgan fingerprint density at radius 2 is 1.56 bits per heavy atom. The van der Waals surface area contributed by atoms with Crippen LogP contribution in [0.1, 0.15) is 11.4 Å². The third-order valence-electron chi connectivity index (χ3n) is 2.47. The molecule has 0 saturated heterocycles. The van der Waals surface area contributed by atoms with Crippen molar-refractivity contribution < 1.29 is 14.2 Å². The summed E-state index contributed by atoms with van der Waals surface area (Å²) in [5, 5.41) is 0. The molecule has 1 aromatic heterocycles. The molecule has 0 atom stereocenters. The monoisotopic (exact) mass is 246 g/mol. The van der Waals surface area contributed by atoms with E-state index < -0.39 is 0 Å². The second kappa shape index (κ2) is 4.83. The van der Waals surface area contributed by atoms with Crippen LogP contribution in [0.4, 0.5) is 4.53 Å². The van der Waals surface area contributed by atoms with Crippen LogP contribution in [0, 0.1) is 0 Å². The standard InChI is InChI=1S/C13H11FN2O2/c1-4-8-9(5-2)16-11-7-13(18-14)12(17-3)6-10(11)15-8/h4-7H,1-2H2,3H3. The predicted molar refractivity (Wildman–Crippen MR) is 68.0 cm³/mol. The molecule has 18 heavy (non-hydrogen) atoms. The van der Waals surface area contributed by atoms with E-state index in [2.05, 4.69) is 28.1 Å². The van der Waals surface area contributed by atoms with Crippen LogP contribution in [0.3, 0.4) is 0 Å². The lowest BCUT2D eigenvalue weighted by atomic mass is 10.2. The lowest BCUT2D eigenvalue weighted by Crippen LogP contribution is -1.95. The van der Waals surface area contributed by atoms with E-state index >= 15 is 0 Å². The Bertz CT molecular complexity index is 571. The van der Waals surface area contributed by atoms with Crippen LogP contribution in [0.5, 0.6) is 11.5 Å². The zero-order valence-electron chi connectivity index (χ0n) is 9.81. The fourth-order valence-corrected chi connectivity index (χ4v) is 1.61. The minimum atomic E-state index is -0.0411. The molecule has 0 aliphatic carbocycles. The smallest absolute Gasteiger partial charge is 0.215 e. The van der Waals surface area contributed by atoms with Crippen molar-refractivity contribution in [3.8, 4) is 11.5 Å². The van der Waals surface area contributed by atoms with Gasteiger partial charge >= 0.3 is 0 Å². The summed E-state index contributed by atoms with van der Waals surface area (Å²) >= 11 is 0. The van der Waals surface area contributed by atoms with Gasteiger partial charge in [0.15, 0.2) is 5.75 Å². The van der Waals surface area contributed by atoms with Crippen molar-refractivity contribution in [3.05, 3.63) is 36.7 Å². The predicted octanol–water partition coefficient (Wildman–Crippen LogP) is 3.19. The van der Waals surface area contributed by atoms with Gasteiger partial charge < -0.3 is 4.74 Å². The molecule has 0 saturated carbocycles. The largest absolute Gasteiger partial charge is 0.493 e. The maximum Gasteiger partial charge on any atom is 0.215 e. The summed E-state index contributed by atoms with van der Waals surface area (Å²) in [6.07, 6.45) is 3.14. The number of halogens is 1. The number of hydrogen-bond donors (Lipinski definition) is 0. The number of benzene rings is 1. The molecule has 0 N–H and O–H groups in total. The fraction of sp³-hybridized carbons (Fsp3) is 0.0769. The minimum absolute atomic E-state index is 0.0411. The van der Waals surface area contributed by atoms with Crippen molar-refractivity contribution in [1.82, 2.24) is 9.97 Å². The molecule has 0 fully saturated rings. The lowest BCUT2D eigenvalue weighted by molar-refractivity contribution is -0.00880. The van der Waals surface area contributed by atoms with Gasteiger partial charge in [-0.3, -0.25) is 4.94 Å². The summed E-state index contributed by atoms with van der Waals surface area (Å²) in [6, 6.07) is 2.97. The molecular formula is C13H11FN2O2. The topological polar surface area (TPSA) is 44.2 Å². The van der Waals surface area contributed by atoms with Crippen LogP contribution < -0.4 is 9.68 Å². The Labute approximate surface area is 103 Å². The third kappa shape index (κ3) is 1.90. The molecule has 2 aromatic rings. The van der Waals surface area contributed by atoms with Crippen LogP contribution in [0.25, 0.3) is 23.2 Å². The molecule has 1 aromatic carbocycles. The average Bonchev–Trinajstić information content (AvgIpc) is 2.43. The van der Waals surface area contributed by atoms with Gasteiger partial charge in [0.1, 0.15) is 0 Å². The normalized spacial score (nSPS) is 10.1. The molecule has 5 heteroatoms. The van der Waals surface area contributed by atoms with E-state index in [1.54, 1.807) is 18.2 Å². The van der Waals surface area contributed by atoms with Gasteiger partial charge in [0, 0.05) is 16.7 Å². The van der Waals surface area contributed by atoms with E-state index in [0.717, 1.165) is 0 Å². The minimum Gasteiger partial charge on any atom is -0.493 e. The Hall–Kier alpha value is -2.43. The van der Waals surface area contributed by atoms with Crippen LogP contribution in [-0.2, 0) is 0 Å². The number of hydrogen-bond acceptors (Lipinski definition) is 4. The summed E-state index contributed by atoms with van der Waals surface area (Å²) in [7, 11) is 1.42. The Morgan fingerprint density at radius 1 is 1.06 bits per heavy atom. The van der Waals surface area contributed by atoms with Crippen LogP contribution in [0.15, 0.2) is 25.3 Å². The van der Waals surface area contributed by atoms with Crippen molar-refractivity contribution >= 4 is 23.2 Å². The van der Waals surface area contributed by atoms with Gasteiger partial charge in [0.2, 0.25) is 5.75 Å². The highest BCUT2D eigenvalue weighted by Crippen LogP contribution is 2.31. The van der Waals surface area contributed by atoms with Gasteiger partial charge in [-0.15, -0.1) is 0 Å². The Morgan fingerprint density at radius 3 is 1.94 bits per heavy atom. The maximum atomic E-state index is 12.4. The summed E-state index contributed by atoms with van der Waals surface area (Å²) in [6.45, 7) is 7.30. The van der Waals surface area contributed by atoms with E-state index in [1.165, 1.54) is 13.2 Å². The van der Waals surface area contributed by atoms with Crippen LogP contribution >= 0.6 is 0 Å². The Balaban J connectivity index is 2.76. The molecule has 0 spiro atoms. The van der Waals surface area contributed by atoms with Gasteiger partial charge in [0.25, 0.3) is 0 Å².